The van der Waals surface area contributed by atoms with Crippen LogP contribution in [0.25, 0.3) is 0 Å². The van der Waals surface area contributed by atoms with Gasteiger partial charge in [-0.3, -0.25) is 4.79 Å². The van der Waals surface area contributed by atoms with Crippen LogP contribution in [0.2, 0.25) is 0 Å². The lowest BCUT2D eigenvalue weighted by Gasteiger charge is -2.29. The highest BCUT2D eigenvalue weighted by atomic mass is 32.2. The number of rotatable bonds is 4. The molecule has 2 amide bonds. The third kappa shape index (κ3) is 3.39. The lowest BCUT2D eigenvalue weighted by atomic mass is 9.95. The third-order valence-corrected chi connectivity index (χ3v) is 3.98. The van der Waals surface area contributed by atoms with Crippen LogP contribution in [0.15, 0.2) is 35.5 Å². The molecule has 1 aliphatic rings. The van der Waals surface area contributed by atoms with Crippen LogP contribution >= 0.6 is 11.8 Å². The van der Waals surface area contributed by atoms with E-state index >= 15 is 0 Å². The quantitative estimate of drug-likeness (QED) is 0.799. The molecule has 0 bridgehead atoms. The Balaban J connectivity index is 2.49. The maximum atomic E-state index is 12.4. The first-order valence-electron chi connectivity index (χ1n) is 6.83. The number of thioether (sulfide) groups is 1. The summed E-state index contributed by atoms with van der Waals surface area (Å²) in [6.07, 6.45) is 0.564. The zero-order chi connectivity index (χ0) is 15.4. The molecule has 0 spiro atoms. The van der Waals surface area contributed by atoms with E-state index in [1.165, 1.54) is 11.8 Å². The molecule has 0 aromatic heterocycles. The molecule has 1 aromatic carbocycles. The molecule has 1 heterocycles. The van der Waals surface area contributed by atoms with Crippen LogP contribution in [-0.4, -0.2) is 22.0 Å². The Labute approximate surface area is 127 Å². The molecule has 0 aliphatic carbocycles. The Kier molecular flexibility index (Phi) is 4.90. The van der Waals surface area contributed by atoms with Gasteiger partial charge in [0.25, 0.3) is 0 Å². The maximum absolute atomic E-state index is 12.4. The molecule has 2 rings (SSSR count). The fourth-order valence-electron chi connectivity index (χ4n) is 2.30. The molecule has 0 saturated carbocycles. The van der Waals surface area contributed by atoms with E-state index < -0.39 is 6.04 Å². The topological polar surface area (TPSA) is 78.4 Å². The molecule has 112 valence electrons. The second-order valence-corrected chi connectivity index (χ2v) is 5.83. The number of allylic oxidation sites excluding steroid dienone is 1. The smallest absolute Gasteiger partial charge is 0.319 e. The van der Waals surface area contributed by atoms with Gasteiger partial charge in [0.05, 0.1) is 11.6 Å². The first-order chi connectivity index (χ1) is 10.1. The predicted octanol–water partition coefficient (Wildman–Crippen LogP) is 2.69. The summed E-state index contributed by atoms with van der Waals surface area (Å²) in [4.78, 5) is 24.2. The van der Waals surface area contributed by atoms with Gasteiger partial charge in [0.2, 0.25) is 5.12 Å². The summed E-state index contributed by atoms with van der Waals surface area (Å²) in [6.45, 7) is 3.80. The van der Waals surface area contributed by atoms with Crippen molar-refractivity contribution in [1.29, 1.82) is 0 Å². The molecule has 1 atom stereocenters. The van der Waals surface area contributed by atoms with Crippen molar-refractivity contribution in [3.63, 3.8) is 0 Å². The van der Waals surface area contributed by atoms with Gasteiger partial charge >= 0.3 is 6.03 Å². The molecule has 0 fully saturated rings. The number of phenols is 1. The summed E-state index contributed by atoms with van der Waals surface area (Å²) in [5.74, 6) is 0.772. The first-order valence-corrected chi connectivity index (χ1v) is 7.82. The second kappa shape index (κ2) is 6.67. The highest BCUT2D eigenvalue weighted by molar-refractivity contribution is 8.14. The van der Waals surface area contributed by atoms with Crippen LogP contribution < -0.4 is 10.6 Å². The summed E-state index contributed by atoms with van der Waals surface area (Å²) < 4.78 is 0. The predicted molar refractivity (Wildman–Crippen MR) is 83.0 cm³/mol. The number of carbonyl (C=O) groups excluding carboxylic acids is 2. The number of aromatic hydroxyl groups is 1. The van der Waals surface area contributed by atoms with Crippen molar-refractivity contribution in [3.05, 3.63) is 41.1 Å². The van der Waals surface area contributed by atoms with Gasteiger partial charge in [0.15, 0.2) is 0 Å². The van der Waals surface area contributed by atoms with Crippen LogP contribution in [-0.2, 0) is 4.79 Å². The summed E-state index contributed by atoms with van der Waals surface area (Å²) in [5.41, 5.74) is 1.88. The van der Waals surface area contributed by atoms with Gasteiger partial charge in [-0.05, 0) is 29.9 Å². The van der Waals surface area contributed by atoms with Gasteiger partial charge < -0.3 is 15.7 Å². The summed E-state index contributed by atoms with van der Waals surface area (Å²) >= 11 is 1.21. The van der Waals surface area contributed by atoms with E-state index in [1.54, 1.807) is 24.3 Å². The van der Waals surface area contributed by atoms with E-state index in [2.05, 4.69) is 10.6 Å². The fourth-order valence-corrected chi connectivity index (χ4v) is 2.96. The molecule has 3 N–H and O–H groups in total. The van der Waals surface area contributed by atoms with E-state index in [0.29, 0.717) is 29.0 Å². The lowest BCUT2D eigenvalue weighted by molar-refractivity contribution is -0.108. The van der Waals surface area contributed by atoms with Crippen molar-refractivity contribution < 1.29 is 14.7 Å². The molecule has 21 heavy (non-hydrogen) atoms. The highest BCUT2D eigenvalue weighted by Crippen LogP contribution is 2.32. The van der Waals surface area contributed by atoms with Gasteiger partial charge in [0, 0.05) is 5.70 Å². The molecule has 0 radical (unpaired) electrons. The van der Waals surface area contributed by atoms with Gasteiger partial charge in [-0.25, -0.2) is 4.79 Å². The summed E-state index contributed by atoms with van der Waals surface area (Å²) in [6, 6.07) is 5.73. The van der Waals surface area contributed by atoms with Crippen LogP contribution in [0.3, 0.4) is 0 Å². The Morgan fingerprint density at radius 3 is 2.76 bits per heavy atom. The molecular weight excluding hydrogens is 288 g/mol. The zero-order valence-electron chi connectivity index (χ0n) is 12.0. The van der Waals surface area contributed by atoms with E-state index in [9.17, 15) is 14.7 Å². The van der Waals surface area contributed by atoms with Crippen LogP contribution in [0, 0.1) is 0 Å². The SMILES string of the molecule is CCSC(=O)C1=C(CC)NC(=O)NC1c1cccc(O)c1. The minimum absolute atomic E-state index is 0.0600. The number of nitrogens with one attached hydrogen (secondary N) is 2. The maximum Gasteiger partial charge on any atom is 0.319 e. The third-order valence-electron chi connectivity index (χ3n) is 3.21. The number of carbonyl (C=O) groups is 2. The van der Waals surface area contributed by atoms with Crippen molar-refractivity contribution in [2.75, 3.05) is 5.75 Å². The van der Waals surface area contributed by atoms with Crippen molar-refractivity contribution in [1.82, 2.24) is 10.6 Å². The van der Waals surface area contributed by atoms with Crippen molar-refractivity contribution in [3.8, 4) is 5.75 Å². The van der Waals surface area contributed by atoms with Crippen LogP contribution in [0.5, 0.6) is 5.75 Å². The van der Waals surface area contributed by atoms with Crippen molar-refractivity contribution >= 4 is 22.9 Å². The van der Waals surface area contributed by atoms with Gasteiger partial charge in [-0.2, -0.15) is 0 Å². The van der Waals surface area contributed by atoms with E-state index in [4.69, 9.17) is 0 Å². The van der Waals surface area contributed by atoms with Gasteiger partial charge in [-0.15, -0.1) is 0 Å². The molecule has 0 saturated heterocycles. The highest BCUT2D eigenvalue weighted by Gasteiger charge is 2.31. The summed E-state index contributed by atoms with van der Waals surface area (Å²) in [5, 5.41) is 15.0. The van der Waals surface area contributed by atoms with E-state index in [-0.39, 0.29) is 16.9 Å². The van der Waals surface area contributed by atoms with Gasteiger partial charge in [-0.1, -0.05) is 37.7 Å². The largest absolute Gasteiger partial charge is 0.508 e. The minimum Gasteiger partial charge on any atom is -0.508 e. The summed E-state index contributed by atoms with van der Waals surface area (Å²) in [7, 11) is 0. The molecule has 1 aromatic rings. The molecular formula is C15H18N2O3S. The molecule has 1 aliphatic heterocycles. The molecule has 5 nitrogen and oxygen atoms in total. The fraction of sp³-hybridized carbons (Fsp3) is 0.333. The van der Waals surface area contributed by atoms with Gasteiger partial charge in [0.1, 0.15) is 5.75 Å². The van der Waals surface area contributed by atoms with Crippen LogP contribution in [0.4, 0.5) is 4.79 Å². The van der Waals surface area contributed by atoms with Crippen LogP contribution in [0.1, 0.15) is 31.9 Å². The number of amides is 2. The monoisotopic (exact) mass is 306 g/mol. The number of urea groups is 1. The Hall–Kier alpha value is -1.95. The number of hydrogen-bond acceptors (Lipinski definition) is 4. The van der Waals surface area contributed by atoms with E-state index in [1.807, 2.05) is 13.8 Å². The molecule has 1 unspecified atom stereocenters. The standard InChI is InChI=1S/C15H18N2O3S/c1-3-11-12(14(19)21-4-2)13(17-15(20)16-11)9-6-5-7-10(18)8-9/h5-8,13,18H,3-4H2,1-2H3,(H2,16,17,20). The van der Waals surface area contributed by atoms with E-state index in [0.717, 1.165) is 0 Å². The zero-order valence-corrected chi connectivity index (χ0v) is 12.8. The lowest BCUT2D eigenvalue weighted by Crippen LogP contribution is -2.45. The van der Waals surface area contributed by atoms with Crippen molar-refractivity contribution in [2.24, 2.45) is 0 Å². The first kappa shape index (κ1) is 15.4. The number of benzene rings is 1. The minimum atomic E-state index is -0.535. The Morgan fingerprint density at radius 2 is 2.14 bits per heavy atom. The average Bonchev–Trinajstić information content (AvgIpc) is 2.46. The average molecular weight is 306 g/mol. The number of phenolic OH excluding ortho intramolecular Hbond substituents is 1. The van der Waals surface area contributed by atoms with Crippen molar-refractivity contribution in [2.45, 2.75) is 26.3 Å². The normalized spacial score (nSPS) is 18.2. The Morgan fingerprint density at radius 1 is 1.38 bits per heavy atom. The second-order valence-electron chi connectivity index (χ2n) is 4.59. The number of hydrogen-bond donors (Lipinski definition) is 3. The molecule has 6 heteroatoms. The Bertz CT molecular complexity index is 598.